The van der Waals surface area contributed by atoms with Crippen LogP contribution in [0.4, 0.5) is 10.1 Å². The highest BCUT2D eigenvalue weighted by molar-refractivity contribution is 5.48. The Hall–Kier alpha value is -2.54. The lowest BCUT2D eigenvalue weighted by Crippen LogP contribution is -2.08. The highest BCUT2D eigenvalue weighted by Crippen LogP contribution is 2.21. The molecule has 3 nitrogen and oxygen atoms in total. The smallest absolute Gasteiger partial charge is 0.140 e. The van der Waals surface area contributed by atoms with E-state index in [0.717, 1.165) is 11.3 Å². The first-order chi connectivity index (χ1) is 9.22. The Morgan fingerprint density at radius 2 is 1.95 bits per heavy atom. The summed E-state index contributed by atoms with van der Waals surface area (Å²) in [6.45, 7) is 0. The van der Waals surface area contributed by atoms with Gasteiger partial charge in [0.1, 0.15) is 17.6 Å². The molecule has 0 spiro atoms. The van der Waals surface area contributed by atoms with E-state index in [1.807, 2.05) is 0 Å². The van der Waals surface area contributed by atoms with Crippen molar-refractivity contribution in [1.29, 1.82) is 5.26 Å². The molecular weight excluding hydrogens is 243 g/mol. The number of benzene rings is 2. The molecule has 2 aromatic carbocycles. The van der Waals surface area contributed by atoms with Gasteiger partial charge >= 0.3 is 0 Å². The monoisotopic (exact) mass is 256 g/mol. The topological polar surface area (TPSA) is 45.0 Å². The van der Waals surface area contributed by atoms with Crippen LogP contribution in [0.15, 0.2) is 48.5 Å². The van der Waals surface area contributed by atoms with E-state index in [1.165, 1.54) is 12.1 Å². The Kier molecular flexibility index (Phi) is 3.99. The molecule has 0 aliphatic carbocycles. The zero-order valence-electron chi connectivity index (χ0n) is 10.4. The van der Waals surface area contributed by atoms with E-state index in [1.54, 1.807) is 43.5 Å². The minimum absolute atomic E-state index is 0.337. The molecule has 4 heteroatoms. The number of nitrogens with zero attached hydrogens (tertiary/aromatic N) is 1. The second-order valence-electron chi connectivity index (χ2n) is 3.99. The molecule has 0 amide bonds. The Morgan fingerprint density at radius 1 is 1.21 bits per heavy atom. The second-order valence-corrected chi connectivity index (χ2v) is 3.99. The molecule has 0 aliphatic rings. The molecule has 1 N–H and O–H groups in total. The van der Waals surface area contributed by atoms with E-state index in [9.17, 15) is 9.65 Å². The summed E-state index contributed by atoms with van der Waals surface area (Å²) in [6.07, 6.45) is 0. The molecule has 0 radical (unpaired) electrons. The Bertz CT molecular complexity index is 590. The van der Waals surface area contributed by atoms with Crippen LogP contribution in [0.5, 0.6) is 5.75 Å². The maximum absolute atomic E-state index is 13.1. The highest BCUT2D eigenvalue weighted by atomic mass is 19.1. The zero-order valence-corrected chi connectivity index (χ0v) is 10.4. The molecule has 0 aromatic heterocycles. The van der Waals surface area contributed by atoms with Gasteiger partial charge in [0, 0.05) is 5.69 Å². The van der Waals surface area contributed by atoms with Crippen LogP contribution in [0.3, 0.4) is 0 Å². The van der Waals surface area contributed by atoms with E-state index in [4.69, 9.17) is 4.74 Å². The summed E-state index contributed by atoms with van der Waals surface area (Å²) in [6, 6.07) is 14.8. The zero-order chi connectivity index (χ0) is 13.7. The fourth-order valence-corrected chi connectivity index (χ4v) is 1.73. The lowest BCUT2D eigenvalue weighted by molar-refractivity contribution is 0.414. The first-order valence-corrected chi connectivity index (χ1v) is 5.78. The molecule has 1 unspecified atom stereocenters. The third kappa shape index (κ3) is 3.23. The van der Waals surface area contributed by atoms with Gasteiger partial charge in [-0.05, 0) is 35.9 Å². The molecule has 0 fully saturated rings. The van der Waals surface area contributed by atoms with Crippen LogP contribution in [0.2, 0.25) is 0 Å². The third-order valence-electron chi connectivity index (χ3n) is 2.71. The molecule has 0 bridgehead atoms. The minimum atomic E-state index is -0.535. The standard InChI is InChI=1S/C15H13FN2O/c1-19-14-7-5-11(6-8-14)15(10-17)18-13-4-2-3-12(16)9-13/h2-9,15,18H,1H3. The molecule has 0 heterocycles. The summed E-state index contributed by atoms with van der Waals surface area (Å²) in [5, 5.41) is 12.2. The third-order valence-corrected chi connectivity index (χ3v) is 2.71. The molecule has 2 rings (SSSR count). The van der Waals surface area contributed by atoms with Crippen molar-refractivity contribution in [3.05, 3.63) is 59.9 Å². The van der Waals surface area contributed by atoms with Crippen molar-refractivity contribution in [2.24, 2.45) is 0 Å². The molecular formula is C15H13FN2O. The van der Waals surface area contributed by atoms with Gasteiger partial charge in [0.2, 0.25) is 0 Å². The van der Waals surface area contributed by atoms with Crippen molar-refractivity contribution >= 4 is 5.69 Å². The molecule has 0 saturated heterocycles. The van der Waals surface area contributed by atoms with Gasteiger partial charge in [0.25, 0.3) is 0 Å². The Labute approximate surface area is 111 Å². The van der Waals surface area contributed by atoms with Gasteiger partial charge < -0.3 is 10.1 Å². The largest absolute Gasteiger partial charge is 0.497 e. The maximum Gasteiger partial charge on any atom is 0.140 e. The summed E-state index contributed by atoms with van der Waals surface area (Å²) < 4.78 is 18.1. The van der Waals surface area contributed by atoms with Crippen molar-refractivity contribution < 1.29 is 9.13 Å². The number of methoxy groups -OCH3 is 1. The number of hydrogen-bond donors (Lipinski definition) is 1. The van der Waals surface area contributed by atoms with Crippen molar-refractivity contribution in [3.8, 4) is 11.8 Å². The van der Waals surface area contributed by atoms with E-state index in [0.29, 0.717) is 5.69 Å². The van der Waals surface area contributed by atoms with E-state index >= 15 is 0 Å². The van der Waals surface area contributed by atoms with Crippen molar-refractivity contribution in [2.75, 3.05) is 12.4 Å². The van der Waals surface area contributed by atoms with Gasteiger partial charge in [-0.3, -0.25) is 0 Å². The van der Waals surface area contributed by atoms with Crippen LogP contribution in [0.1, 0.15) is 11.6 Å². The van der Waals surface area contributed by atoms with Crippen LogP contribution in [-0.4, -0.2) is 7.11 Å². The van der Waals surface area contributed by atoms with Crippen LogP contribution in [-0.2, 0) is 0 Å². The summed E-state index contributed by atoms with van der Waals surface area (Å²) >= 11 is 0. The van der Waals surface area contributed by atoms with Crippen LogP contribution in [0, 0.1) is 17.1 Å². The van der Waals surface area contributed by atoms with Crippen LogP contribution >= 0.6 is 0 Å². The number of ether oxygens (including phenoxy) is 1. The SMILES string of the molecule is COc1ccc(C(C#N)Nc2cccc(F)c2)cc1. The van der Waals surface area contributed by atoms with E-state index in [-0.39, 0.29) is 5.82 Å². The van der Waals surface area contributed by atoms with E-state index < -0.39 is 6.04 Å². The van der Waals surface area contributed by atoms with E-state index in [2.05, 4.69) is 11.4 Å². The van der Waals surface area contributed by atoms with Crippen LogP contribution < -0.4 is 10.1 Å². The predicted octanol–water partition coefficient (Wildman–Crippen LogP) is 3.51. The van der Waals surface area contributed by atoms with Crippen LogP contribution in [0.25, 0.3) is 0 Å². The van der Waals surface area contributed by atoms with Gasteiger partial charge in [0.05, 0.1) is 13.2 Å². The molecule has 19 heavy (non-hydrogen) atoms. The summed E-state index contributed by atoms with van der Waals surface area (Å²) in [4.78, 5) is 0. The lowest BCUT2D eigenvalue weighted by atomic mass is 10.1. The normalized spacial score (nSPS) is 11.4. The number of nitrogens with one attached hydrogen (secondary N) is 1. The minimum Gasteiger partial charge on any atom is -0.497 e. The summed E-state index contributed by atoms with van der Waals surface area (Å²) in [5.41, 5.74) is 1.37. The van der Waals surface area contributed by atoms with Gasteiger partial charge in [-0.1, -0.05) is 18.2 Å². The molecule has 2 aromatic rings. The van der Waals surface area contributed by atoms with Gasteiger partial charge in [-0.25, -0.2) is 4.39 Å². The van der Waals surface area contributed by atoms with Crippen molar-refractivity contribution in [2.45, 2.75) is 6.04 Å². The number of anilines is 1. The first kappa shape index (κ1) is 12.9. The van der Waals surface area contributed by atoms with Crippen molar-refractivity contribution in [3.63, 3.8) is 0 Å². The first-order valence-electron chi connectivity index (χ1n) is 5.78. The number of hydrogen-bond acceptors (Lipinski definition) is 3. The predicted molar refractivity (Wildman–Crippen MR) is 71.4 cm³/mol. The molecule has 96 valence electrons. The molecule has 0 saturated carbocycles. The van der Waals surface area contributed by atoms with Crippen molar-refractivity contribution in [1.82, 2.24) is 0 Å². The lowest BCUT2D eigenvalue weighted by Gasteiger charge is -2.13. The number of nitriles is 1. The highest BCUT2D eigenvalue weighted by Gasteiger charge is 2.10. The Balaban J connectivity index is 2.18. The number of rotatable bonds is 4. The Morgan fingerprint density at radius 3 is 2.53 bits per heavy atom. The quantitative estimate of drug-likeness (QED) is 0.910. The average Bonchev–Trinajstić information content (AvgIpc) is 2.45. The molecule has 1 atom stereocenters. The molecule has 0 aliphatic heterocycles. The second kappa shape index (κ2) is 5.87. The van der Waals surface area contributed by atoms with Gasteiger partial charge in [-0.15, -0.1) is 0 Å². The van der Waals surface area contributed by atoms with Gasteiger partial charge in [0.15, 0.2) is 0 Å². The van der Waals surface area contributed by atoms with Gasteiger partial charge in [-0.2, -0.15) is 5.26 Å². The maximum atomic E-state index is 13.1. The fourth-order valence-electron chi connectivity index (χ4n) is 1.73. The summed E-state index contributed by atoms with van der Waals surface area (Å²) in [7, 11) is 1.59. The average molecular weight is 256 g/mol. The number of halogens is 1. The fraction of sp³-hybridized carbons (Fsp3) is 0.133. The summed E-state index contributed by atoms with van der Waals surface area (Å²) in [5.74, 6) is 0.391.